The maximum Gasteiger partial charge on any atom is 0.218 e. The standard InChI is InChI=1S/C13H22N4O/c1-4-8-18-12-11(6-5-7-15-12)9-16-13(14)17-10(2)3/h5-7,10H,4,8-9H2,1-3H3,(H3,14,16,17). The van der Waals surface area contributed by atoms with Crippen molar-refractivity contribution >= 4 is 5.96 Å². The van der Waals surface area contributed by atoms with E-state index in [2.05, 4.69) is 22.2 Å². The molecule has 0 radical (unpaired) electrons. The Morgan fingerprint density at radius 3 is 3.00 bits per heavy atom. The van der Waals surface area contributed by atoms with Crippen LogP contribution >= 0.6 is 0 Å². The van der Waals surface area contributed by atoms with Gasteiger partial charge in [0.1, 0.15) is 0 Å². The zero-order valence-corrected chi connectivity index (χ0v) is 11.3. The molecule has 0 spiro atoms. The van der Waals surface area contributed by atoms with E-state index in [9.17, 15) is 0 Å². The van der Waals surface area contributed by atoms with Crippen LogP contribution < -0.4 is 15.8 Å². The van der Waals surface area contributed by atoms with Gasteiger partial charge in [-0.3, -0.25) is 0 Å². The van der Waals surface area contributed by atoms with Gasteiger partial charge in [0, 0.05) is 17.8 Å². The Kier molecular flexibility index (Phi) is 5.97. The van der Waals surface area contributed by atoms with Crippen molar-refractivity contribution in [3.05, 3.63) is 23.9 Å². The van der Waals surface area contributed by atoms with Gasteiger partial charge in [-0.2, -0.15) is 0 Å². The quantitative estimate of drug-likeness (QED) is 0.595. The van der Waals surface area contributed by atoms with Crippen molar-refractivity contribution in [3.8, 4) is 5.88 Å². The molecule has 0 saturated carbocycles. The highest BCUT2D eigenvalue weighted by Gasteiger charge is 2.04. The van der Waals surface area contributed by atoms with Crippen LogP contribution in [0.3, 0.4) is 0 Å². The molecule has 0 saturated heterocycles. The number of pyridine rings is 1. The van der Waals surface area contributed by atoms with E-state index < -0.39 is 0 Å². The molecule has 5 nitrogen and oxygen atoms in total. The summed E-state index contributed by atoms with van der Waals surface area (Å²) in [5, 5.41) is 3.04. The molecule has 0 unspecified atom stereocenters. The number of guanidine groups is 1. The number of nitrogens with zero attached hydrogens (tertiary/aromatic N) is 2. The van der Waals surface area contributed by atoms with Crippen molar-refractivity contribution in [2.45, 2.75) is 39.8 Å². The van der Waals surface area contributed by atoms with Crippen LogP contribution in [0.1, 0.15) is 32.8 Å². The molecule has 0 fully saturated rings. The summed E-state index contributed by atoms with van der Waals surface area (Å²) in [6, 6.07) is 4.10. The number of rotatable bonds is 6. The average Bonchev–Trinajstić information content (AvgIpc) is 2.34. The average molecular weight is 250 g/mol. The fraction of sp³-hybridized carbons (Fsp3) is 0.538. The summed E-state index contributed by atoms with van der Waals surface area (Å²) in [5.41, 5.74) is 6.69. The topological polar surface area (TPSA) is 72.5 Å². The van der Waals surface area contributed by atoms with E-state index >= 15 is 0 Å². The van der Waals surface area contributed by atoms with Crippen LogP contribution in [0.4, 0.5) is 0 Å². The lowest BCUT2D eigenvalue weighted by Crippen LogP contribution is -2.36. The third-order valence-corrected chi connectivity index (χ3v) is 2.15. The molecule has 1 aromatic rings. The number of hydrogen-bond acceptors (Lipinski definition) is 3. The van der Waals surface area contributed by atoms with Crippen molar-refractivity contribution in [2.24, 2.45) is 10.7 Å². The molecule has 1 rings (SSSR count). The highest BCUT2D eigenvalue weighted by Crippen LogP contribution is 2.15. The number of aromatic nitrogens is 1. The maximum atomic E-state index is 5.75. The fourth-order valence-corrected chi connectivity index (χ4v) is 1.38. The Bertz CT molecular complexity index is 390. The summed E-state index contributed by atoms with van der Waals surface area (Å²) in [4.78, 5) is 8.47. The molecule has 0 bridgehead atoms. The van der Waals surface area contributed by atoms with Crippen LogP contribution in [0.15, 0.2) is 23.3 Å². The molecule has 0 aliphatic carbocycles. The van der Waals surface area contributed by atoms with Gasteiger partial charge in [0.2, 0.25) is 5.88 Å². The summed E-state index contributed by atoms with van der Waals surface area (Å²) in [6.45, 7) is 7.22. The van der Waals surface area contributed by atoms with E-state index in [4.69, 9.17) is 10.5 Å². The molecule has 0 aromatic carbocycles. The van der Waals surface area contributed by atoms with Gasteiger partial charge in [-0.1, -0.05) is 13.0 Å². The summed E-state index contributed by atoms with van der Waals surface area (Å²) < 4.78 is 5.56. The smallest absolute Gasteiger partial charge is 0.218 e. The monoisotopic (exact) mass is 250 g/mol. The largest absolute Gasteiger partial charge is 0.477 e. The molecule has 5 heteroatoms. The molecular formula is C13H22N4O. The number of aliphatic imine (C=N–C) groups is 1. The van der Waals surface area contributed by atoms with Crippen LogP contribution in [0.2, 0.25) is 0 Å². The molecule has 100 valence electrons. The second-order valence-electron chi connectivity index (χ2n) is 4.32. The van der Waals surface area contributed by atoms with Crippen molar-refractivity contribution < 1.29 is 4.74 Å². The zero-order chi connectivity index (χ0) is 13.4. The van der Waals surface area contributed by atoms with Crippen molar-refractivity contribution in [1.82, 2.24) is 10.3 Å². The van der Waals surface area contributed by atoms with E-state index in [1.807, 2.05) is 26.0 Å². The number of nitrogens with one attached hydrogen (secondary N) is 1. The number of nitrogens with two attached hydrogens (primary N) is 1. The number of hydrogen-bond donors (Lipinski definition) is 2. The summed E-state index contributed by atoms with van der Waals surface area (Å²) in [5.74, 6) is 1.08. The Morgan fingerprint density at radius 2 is 2.33 bits per heavy atom. The SMILES string of the molecule is CCCOc1ncccc1CN=C(N)NC(C)C. The lowest BCUT2D eigenvalue weighted by atomic mass is 10.3. The minimum Gasteiger partial charge on any atom is -0.477 e. The van der Waals surface area contributed by atoms with Crippen LogP contribution in [0, 0.1) is 0 Å². The Hall–Kier alpha value is -1.78. The van der Waals surface area contributed by atoms with Crippen molar-refractivity contribution in [1.29, 1.82) is 0 Å². The highest BCUT2D eigenvalue weighted by atomic mass is 16.5. The molecule has 0 aliphatic rings. The van der Waals surface area contributed by atoms with Crippen LogP contribution in [-0.2, 0) is 6.54 Å². The van der Waals surface area contributed by atoms with Gasteiger partial charge in [0.25, 0.3) is 0 Å². The first-order valence-corrected chi connectivity index (χ1v) is 6.26. The lowest BCUT2D eigenvalue weighted by molar-refractivity contribution is 0.302. The van der Waals surface area contributed by atoms with E-state index in [0.29, 0.717) is 25.0 Å². The van der Waals surface area contributed by atoms with Crippen molar-refractivity contribution in [3.63, 3.8) is 0 Å². The summed E-state index contributed by atoms with van der Waals surface area (Å²) >= 11 is 0. The predicted molar refractivity (Wildman–Crippen MR) is 73.6 cm³/mol. The second kappa shape index (κ2) is 7.53. The van der Waals surface area contributed by atoms with Gasteiger partial charge in [0.05, 0.1) is 13.2 Å². The molecule has 0 aliphatic heterocycles. The number of ether oxygens (including phenoxy) is 1. The molecule has 3 N–H and O–H groups in total. The van der Waals surface area contributed by atoms with Crippen molar-refractivity contribution in [2.75, 3.05) is 6.61 Å². The minimum atomic E-state index is 0.276. The highest BCUT2D eigenvalue weighted by molar-refractivity contribution is 5.78. The molecule has 0 amide bonds. The fourth-order valence-electron chi connectivity index (χ4n) is 1.38. The van der Waals surface area contributed by atoms with Gasteiger partial charge in [-0.05, 0) is 26.3 Å². The van der Waals surface area contributed by atoms with Gasteiger partial charge in [-0.15, -0.1) is 0 Å². The van der Waals surface area contributed by atoms with Gasteiger partial charge in [0.15, 0.2) is 5.96 Å². The molecule has 0 atom stereocenters. The Morgan fingerprint density at radius 1 is 1.56 bits per heavy atom. The lowest BCUT2D eigenvalue weighted by Gasteiger charge is -2.10. The summed E-state index contributed by atoms with van der Waals surface area (Å²) in [7, 11) is 0. The third-order valence-electron chi connectivity index (χ3n) is 2.15. The normalized spacial score (nSPS) is 11.7. The predicted octanol–water partition coefficient (Wildman–Crippen LogP) is 1.68. The zero-order valence-electron chi connectivity index (χ0n) is 11.3. The Balaban J connectivity index is 2.65. The van der Waals surface area contributed by atoms with Crippen LogP contribution in [0.25, 0.3) is 0 Å². The Labute approximate surface area is 108 Å². The first kappa shape index (κ1) is 14.3. The molecule has 1 aromatic heterocycles. The van der Waals surface area contributed by atoms with Crippen LogP contribution in [0.5, 0.6) is 5.88 Å². The van der Waals surface area contributed by atoms with E-state index in [1.54, 1.807) is 6.20 Å². The van der Waals surface area contributed by atoms with E-state index in [1.165, 1.54) is 0 Å². The van der Waals surface area contributed by atoms with E-state index in [0.717, 1.165) is 12.0 Å². The molecule has 1 heterocycles. The first-order chi connectivity index (χ1) is 8.63. The van der Waals surface area contributed by atoms with E-state index in [-0.39, 0.29) is 6.04 Å². The van der Waals surface area contributed by atoms with Crippen LogP contribution in [-0.4, -0.2) is 23.6 Å². The van der Waals surface area contributed by atoms with Gasteiger partial charge < -0.3 is 15.8 Å². The maximum absolute atomic E-state index is 5.75. The van der Waals surface area contributed by atoms with Gasteiger partial charge in [-0.25, -0.2) is 9.98 Å². The minimum absolute atomic E-state index is 0.276. The second-order valence-corrected chi connectivity index (χ2v) is 4.32. The molecule has 18 heavy (non-hydrogen) atoms. The third kappa shape index (κ3) is 5.03. The van der Waals surface area contributed by atoms with Gasteiger partial charge >= 0.3 is 0 Å². The molecular weight excluding hydrogens is 228 g/mol. The summed E-state index contributed by atoms with van der Waals surface area (Å²) in [6.07, 6.45) is 2.67. The first-order valence-electron chi connectivity index (χ1n) is 6.26.